The summed E-state index contributed by atoms with van der Waals surface area (Å²) in [7, 11) is -7.07. The minimum Gasteiger partial charge on any atom is -0.477 e. The fourth-order valence-corrected chi connectivity index (χ4v) is 7.13. The van der Waals surface area contributed by atoms with E-state index in [-0.39, 0.29) is 49.1 Å². The number of hydrogen-bond acceptors (Lipinski definition) is 11. The van der Waals surface area contributed by atoms with Crippen LogP contribution in [0.2, 0.25) is 0 Å². The molecular weight excluding hydrogens is 584 g/mol. The molecule has 14 nitrogen and oxygen atoms in total. The van der Waals surface area contributed by atoms with E-state index in [1.165, 1.54) is 22.8 Å². The van der Waals surface area contributed by atoms with Gasteiger partial charge in [-0.2, -0.15) is 0 Å². The van der Waals surface area contributed by atoms with Crippen molar-refractivity contribution >= 4 is 37.6 Å². The van der Waals surface area contributed by atoms with E-state index < -0.39 is 36.6 Å². The lowest BCUT2D eigenvalue weighted by Crippen LogP contribution is -2.52. The molecule has 2 aliphatic rings. The summed E-state index contributed by atoms with van der Waals surface area (Å²) in [6.07, 6.45) is 7.37. The van der Waals surface area contributed by atoms with Gasteiger partial charge in [0.1, 0.15) is 22.9 Å². The van der Waals surface area contributed by atoms with E-state index >= 15 is 0 Å². The van der Waals surface area contributed by atoms with E-state index in [0.29, 0.717) is 36.6 Å². The molecule has 1 saturated heterocycles. The van der Waals surface area contributed by atoms with Crippen LogP contribution in [-0.4, -0.2) is 82.7 Å². The van der Waals surface area contributed by atoms with E-state index in [0.717, 1.165) is 0 Å². The monoisotopic (exact) mass is 616 g/mol. The molecule has 224 valence electrons. The lowest BCUT2D eigenvalue weighted by atomic mass is 9.77. The molecule has 3 aromatic rings. The summed E-state index contributed by atoms with van der Waals surface area (Å²) in [6, 6.07) is 4.78. The molecule has 16 heteroatoms. The van der Waals surface area contributed by atoms with Gasteiger partial charge in [0.05, 0.1) is 35.7 Å². The molecule has 1 saturated carbocycles. The maximum absolute atomic E-state index is 13.9. The van der Waals surface area contributed by atoms with Gasteiger partial charge in [-0.25, -0.2) is 41.1 Å². The van der Waals surface area contributed by atoms with Gasteiger partial charge in [0.2, 0.25) is 31.8 Å². The summed E-state index contributed by atoms with van der Waals surface area (Å²) < 4.78 is 59.4. The van der Waals surface area contributed by atoms with Crippen LogP contribution in [-0.2, 0) is 30.3 Å². The Labute approximate surface area is 244 Å². The number of aromatic nitrogens is 5. The summed E-state index contributed by atoms with van der Waals surface area (Å²) in [4.78, 5) is 35.6. The van der Waals surface area contributed by atoms with Crippen molar-refractivity contribution in [3.63, 3.8) is 0 Å². The first-order valence-electron chi connectivity index (χ1n) is 13.6. The molecule has 4 heterocycles. The van der Waals surface area contributed by atoms with Gasteiger partial charge in [0.25, 0.3) is 0 Å². The molecule has 0 bridgehead atoms. The second-order valence-electron chi connectivity index (χ2n) is 10.1. The third kappa shape index (κ3) is 6.34. The van der Waals surface area contributed by atoms with Crippen molar-refractivity contribution in [1.82, 2.24) is 29.2 Å². The van der Waals surface area contributed by atoms with E-state index in [1.807, 2.05) is 6.92 Å². The Morgan fingerprint density at radius 1 is 1.00 bits per heavy atom. The summed E-state index contributed by atoms with van der Waals surface area (Å²) in [5.74, 6) is 0.259. The van der Waals surface area contributed by atoms with Crippen LogP contribution in [0, 0.1) is 0 Å². The van der Waals surface area contributed by atoms with Crippen molar-refractivity contribution < 1.29 is 26.4 Å². The zero-order valence-electron chi connectivity index (χ0n) is 23.2. The zero-order valence-corrected chi connectivity index (χ0v) is 24.9. The molecule has 42 heavy (non-hydrogen) atoms. The maximum atomic E-state index is 13.9. The molecule has 2 N–H and O–H groups in total. The number of rotatable bonds is 11. The third-order valence-electron chi connectivity index (χ3n) is 7.27. The molecule has 3 aromatic heterocycles. The van der Waals surface area contributed by atoms with Crippen LogP contribution in [0.4, 0.5) is 11.6 Å². The van der Waals surface area contributed by atoms with Gasteiger partial charge in [0.15, 0.2) is 0 Å². The molecule has 0 atom stereocenters. The number of sulfonamides is 2. The van der Waals surface area contributed by atoms with Crippen LogP contribution in [0.15, 0.2) is 43.0 Å². The van der Waals surface area contributed by atoms with Crippen molar-refractivity contribution in [3.8, 4) is 17.1 Å². The zero-order chi connectivity index (χ0) is 30.0. The normalized spacial score (nSPS) is 17.4. The molecule has 5 rings (SSSR count). The number of amides is 1. The van der Waals surface area contributed by atoms with Crippen LogP contribution < -0.4 is 14.8 Å². The lowest BCUT2D eigenvalue weighted by molar-refractivity contribution is -0.123. The Morgan fingerprint density at radius 3 is 2.40 bits per heavy atom. The number of carbonyl (C=O) groups is 1. The average Bonchev–Trinajstić information content (AvgIpc) is 3.85. The minimum absolute atomic E-state index is 0.0561. The van der Waals surface area contributed by atoms with E-state index in [2.05, 4.69) is 35.0 Å². The van der Waals surface area contributed by atoms with Gasteiger partial charge in [-0.3, -0.25) is 14.5 Å². The summed E-state index contributed by atoms with van der Waals surface area (Å²) in [5, 5.41) is 2.37. The van der Waals surface area contributed by atoms with E-state index in [1.54, 1.807) is 31.5 Å². The number of ether oxygens (including phenoxy) is 1. The third-order valence-corrected chi connectivity index (χ3v) is 11.0. The average molecular weight is 617 g/mol. The van der Waals surface area contributed by atoms with Crippen LogP contribution >= 0.6 is 0 Å². The number of hydrogen-bond donors (Lipinski definition) is 2. The lowest BCUT2D eigenvalue weighted by Gasteiger charge is -2.38. The standard InChI is InChI=1S/C26H32N8O6S2/c1-3-40-23-17-27-16-20(30-23)18-5-8-21(29-15-18)32-25(35)26(10-13-34(14-11-26)41(36,37)4-2)24-28-12-9-22(31-24)33-42(38,39)19-6-7-19/h5,8-9,12,15-17,19H,3-4,6-7,10-11,13-14H2,1-2H3,(H,28,31,33)(H,29,32,35). The Kier molecular flexibility index (Phi) is 8.39. The first-order chi connectivity index (χ1) is 20.1. The quantitative estimate of drug-likeness (QED) is 0.321. The Morgan fingerprint density at radius 2 is 1.76 bits per heavy atom. The van der Waals surface area contributed by atoms with Crippen molar-refractivity contribution in [1.29, 1.82) is 0 Å². The molecule has 1 aliphatic heterocycles. The van der Waals surface area contributed by atoms with Crippen molar-refractivity contribution in [2.24, 2.45) is 0 Å². The summed E-state index contributed by atoms with van der Waals surface area (Å²) in [5.41, 5.74) is -0.127. The van der Waals surface area contributed by atoms with Gasteiger partial charge < -0.3 is 10.1 Å². The predicted octanol–water partition coefficient (Wildman–Crippen LogP) is 1.95. The molecule has 1 aliphatic carbocycles. The highest BCUT2D eigenvalue weighted by Crippen LogP contribution is 2.37. The molecule has 0 unspecified atom stereocenters. The van der Waals surface area contributed by atoms with Crippen LogP contribution in [0.5, 0.6) is 5.88 Å². The molecule has 2 fully saturated rings. The van der Waals surface area contributed by atoms with Gasteiger partial charge in [-0.05, 0) is 57.7 Å². The van der Waals surface area contributed by atoms with Crippen LogP contribution in [0.1, 0.15) is 45.4 Å². The highest BCUT2D eigenvalue weighted by Gasteiger charge is 2.47. The van der Waals surface area contributed by atoms with Gasteiger partial charge >= 0.3 is 0 Å². The first-order valence-corrected chi connectivity index (χ1v) is 16.8. The van der Waals surface area contributed by atoms with Crippen LogP contribution in [0.25, 0.3) is 11.3 Å². The SMILES string of the molecule is CCOc1cncc(-c2ccc(NC(=O)C3(c4nccc(NS(=O)(=O)C5CC5)n4)CCN(S(=O)(=O)CC)CC3)nc2)n1. The second-order valence-corrected chi connectivity index (χ2v) is 14.3. The van der Waals surface area contributed by atoms with Crippen LogP contribution in [0.3, 0.4) is 0 Å². The Hall–Kier alpha value is -3.76. The highest BCUT2D eigenvalue weighted by molar-refractivity contribution is 7.93. The highest BCUT2D eigenvalue weighted by atomic mass is 32.2. The topological polar surface area (TPSA) is 186 Å². The second kappa shape index (κ2) is 11.9. The van der Waals surface area contributed by atoms with Gasteiger partial charge in [-0.15, -0.1) is 0 Å². The Bertz CT molecular complexity index is 1660. The van der Waals surface area contributed by atoms with E-state index in [4.69, 9.17) is 4.74 Å². The smallest absolute Gasteiger partial charge is 0.239 e. The molecule has 0 radical (unpaired) electrons. The number of piperidine rings is 1. The van der Waals surface area contributed by atoms with Crippen molar-refractivity contribution in [2.75, 3.05) is 35.5 Å². The molecular formula is C26H32N8O6S2. The predicted molar refractivity (Wildman–Crippen MR) is 155 cm³/mol. The van der Waals surface area contributed by atoms with Crippen molar-refractivity contribution in [3.05, 3.63) is 48.8 Å². The first kappa shape index (κ1) is 29.7. The van der Waals surface area contributed by atoms with Gasteiger partial charge in [0, 0.05) is 31.0 Å². The van der Waals surface area contributed by atoms with Gasteiger partial charge in [-0.1, -0.05) is 0 Å². The molecule has 1 amide bonds. The fourth-order valence-electron chi connectivity index (χ4n) is 4.69. The summed E-state index contributed by atoms with van der Waals surface area (Å²) >= 11 is 0. The number of pyridine rings is 1. The number of nitrogens with zero attached hydrogens (tertiary/aromatic N) is 6. The molecule has 0 spiro atoms. The van der Waals surface area contributed by atoms with Crippen molar-refractivity contribution in [2.45, 2.75) is 50.2 Å². The number of nitrogens with one attached hydrogen (secondary N) is 2. The minimum atomic E-state index is -3.60. The largest absolute Gasteiger partial charge is 0.477 e. The number of anilines is 2. The molecule has 0 aromatic carbocycles. The summed E-state index contributed by atoms with van der Waals surface area (Å²) in [6.45, 7) is 4.01. The number of carbonyl (C=O) groups excluding carboxylic acids is 1. The Balaban J connectivity index is 1.41. The fraction of sp³-hybridized carbons (Fsp3) is 0.462. The van der Waals surface area contributed by atoms with E-state index in [9.17, 15) is 21.6 Å². The maximum Gasteiger partial charge on any atom is 0.239 e.